The zero-order valence-corrected chi connectivity index (χ0v) is 17.0. The van der Waals surface area contributed by atoms with Crippen LogP contribution in [0.2, 0.25) is 10.0 Å². The van der Waals surface area contributed by atoms with Crippen LogP contribution in [0.25, 0.3) is 0 Å². The first-order valence-corrected chi connectivity index (χ1v) is 10.6. The molecule has 0 bridgehead atoms. The van der Waals surface area contributed by atoms with Crippen LogP contribution >= 0.6 is 23.2 Å². The fourth-order valence-electron chi connectivity index (χ4n) is 2.43. The van der Waals surface area contributed by atoms with Crippen molar-refractivity contribution in [2.45, 2.75) is 32.6 Å². The number of sulfonamides is 1. The number of unbranched alkanes of at least 4 members (excludes halogenated alkanes) is 2. The molecule has 1 heterocycles. The van der Waals surface area contributed by atoms with Gasteiger partial charge in [0, 0.05) is 29.2 Å². The van der Waals surface area contributed by atoms with Gasteiger partial charge in [0.2, 0.25) is 10.0 Å². The molecule has 2 aromatic rings. The average Bonchev–Trinajstić information content (AvgIpc) is 2.91. The maximum absolute atomic E-state index is 12.2. The number of amides is 1. The van der Waals surface area contributed by atoms with E-state index in [1.54, 1.807) is 31.3 Å². The van der Waals surface area contributed by atoms with Gasteiger partial charge < -0.3 is 0 Å². The zero-order chi connectivity index (χ0) is 19.3. The number of carbonyl (C=O) groups is 1. The van der Waals surface area contributed by atoms with E-state index < -0.39 is 15.9 Å². The molecule has 1 aromatic heterocycles. The molecule has 0 saturated heterocycles. The first-order chi connectivity index (χ1) is 12.2. The van der Waals surface area contributed by atoms with Crippen LogP contribution in [0.4, 0.5) is 0 Å². The molecule has 142 valence electrons. The van der Waals surface area contributed by atoms with Crippen molar-refractivity contribution >= 4 is 39.1 Å². The molecule has 6 nitrogen and oxygen atoms in total. The van der Waals surface area contributed by atoms with Crippen molar-refractivity contribution in [2.24, 2.45) is 7.05 Å². The zero-order valence-electron chi connectivity index (χ0n) is 14.6. The molecular weight excluding hydrogens is 397 g/mol. The van der Waals surface area contributed by atoms with Crippen LogP contribution in [0.1, 0.15) is 47.9 Å². The van der Waals surface area contributed by atoms with Crippen LogP contribution in [-0.4, -0.2) is 29.9 Å². The minimum Gasteiger partial charge on any atom is -0.272 e. The fraction of sp³-hybridized carbons (Fsp3) is 0.412. The van der Waals surface area contributed by atoms with Crippen molar-refractivity contribution in [3.63, 3.8) is 0 Å². The Morgan fingerprint density at radius 2 is 1.96 bits per heavy atom. The number of halogens is 2. The predicted octanol–water partition coefficient (Wildman–Crippen LogP) is 3.57. The number of rotatable bonds is 8. The minimum absolute atomic E-state index is 0.0478. The molecule has 0 saturated carbocycles. The number of nitrogens with one attached hydrogen (secondary N) is 1. The van der Waals surface area contributed by atoms with Gasteiger partial charge in [-0.15, -0.1) is 0 Å². The van der Waals surface area contributed by atoms with Crippen molar-refractivity contribution in [3.8, 4) is 0 Å². The second kappa shape index (κ2) is 8.88. The molecule has 1 N–H and O–H groups in total. The lowest BCUT2D eigenvalue weighted by Gasteiger charge is -2.05. The van der Waals surface area contributed by atoms with E-state index >= 15 is 0 Å². The topological polar surface area (TPSA) is 81.1 Å². The summed E-state index contributed by atoms with van der Waals surface area (Å²) in [7, 11) is -1.97. The number of aromatic nitrogens is 2. The van der Waals surface area contributed by atoms with Crippen LogP contribution in [-0.2, 0) is 23.5 Å². The van der Waals surface area contributed by atoms with Crippen molar-refractivity contribution in [1.29, 1.82) is 0 Å². The van der Waals surface area contributed by atoms with E-state index in [4.69, 9.17) is 23.2 Å². The highest BCUT2D eigenvalue weighted by molar-refractivity contribution is 7.90. The number of nitrogens with zero attached hydrogens (tertiary/aromatic N) is 2. The van der Waals surface area contributed by atoms with Gasteiger partial charge in [0.15, 0.2) is 5.69 Å². The number of benzene rings is 1. The van der Waals surface area contributed by atoms with Crippen LogP contribution in [0.3, 0.4) is 0 Å². The molecule has 0 spiro atoms. The Balaban J connectivity index is 2.10. The maximum atomic E-state index is 12.2. The number of aryl methyl sites for hydroxylation is 1. The summed E-state index contributed by atoms with van der Waals surface area (Å²) in [5.41, 5.74) is 1.60. The molecule has 0 unspecified atom stereocenters. The smallest absolute Gasteiger partial charge is 0.272 e. The number of carbonyl (C=O) groups excluding carboxylic acids is 1. The molecule has 26 heavy (non-hydrogen) atoms. The monoisotopic (exact) mass is 417 g/mol. The highest BCUT2D eigenvalue weighted by atomic mass is 35.5. The van der Waals surface area contributed by atoms with Gasteiger partial charge in [-0.05, 0) is 30.2 Å². The second-order valence-corrected chi connectivity index (χ2v) is 8.70. The first-order valence-electron chi connectivity index (χ1n) is 8.23. The van der Waals surface area contributed by atoms with Gasteiger partial charge in [0.1, 0.15) is 0 Å². The number of hydrogen-bond donors (Lipinski definition) is 1. The Morgan fingerprint density at radius 3 is 2.62 bits per heavy atom. The quantitative estimate of drug-likeness (QED) is 0.665. The third-order valence-electron chi connectivity index (χ3n) is 3.86. The highest BCUT2D eigenvalue weighted by Gasteiger charge is 2.19. The van der Waals surface area contributed by atoms with Gasteiger partial charge >= 0.3 is 0 Å². The molecule has 1 aromatic carbocycles. The van der Waals surface area contributed by atoms with Crippen LogP contribution in [0.5, 0.6) is 0 Å². The highest BCUT2D eigenvalue weighted by Crippen LogP contribution is 2.23. The summed E-state index contributed by atoms with van der Waals surface area (Å²) in [6.45, 7) is 1.98. The van der Waals surface area contributed by atoms with Crippen molar-refractivity contribution in [2.75, 3.05) is 5.75 Å². The summed E-state index contributed by atoms with van der Waals surface area (Å²) >= 11 is 12.1. The van der Waals surface area contributed by atoms with E-state index in [0.717, 1.165) is 24.1 Å². The lowest BCUT2D eigenvalue weighted by atomic mass is 10.1. The van der Waals surface area contributed by atoms with E-state index in [1.165, 1.54) is 4.68 Å². The Bertz CT molecular complexity index is 895. The van der Waals surface area contributed by atoms with Gasteiger partial charge in [-0.1, -0.05) is 49.0 Å². The van der Waals surface area contributed by atoms with Gasteiger partial charge in [-0.2, -0.15) is 5.10 Å². The van der Waals surface area contributed by atoms with Crippen LogP contribution < -0.4 is 4.72 Å². The van der Waals surface area contributed by atoms with Gasteiger partial charge in [0.25, 0.3) is 5.91 Å². The lowest BCUT2D eigenvalue weighted by molar-refractivity contribution is 0.0976. The molecule has 0 aliphatic rings. The second-order valence-electron chi connectivity index (χ2n) is 6.01. The molecule has 1 amide bonds. The van der Waals surface area contributed by atoms with E-state index in [2.05, 4.69) is 9.82 Å². The summed E-state index contributed by atoms with van der Waals surface area (Å²) in [5, 5.41) is 5.16. The van der Waals surface area contributed by atoms with E-state index in [-0.39, 0.29) is 11.4 Å². The van der Waals surface area contributed by atoms with Crippen molar-refractivity contribution in [1.82, 2.24) is 14.5 Å². The molecule has 0 radical (unpaired) electrons. The van der Waals surface area contributed by atoms with E-state index in [0.29, 0.717) is 22.9 Å². The summed E-state index contributed by atoms with van der Waals surface area (Å²) in [6.07, 6.45) is 2.66. The SMILES string of the molecule is CCCCCS(=O)(=O)NC(=O)c1cc(Cc2ccc(Cl)cc2Cl)n(C)n1. The Morgan fingerprint density at radius 1 is 1.23 bits per heavy atom. The normalized spacial score (nSPS) is 11.5. The molecule has 0 aliphatic heterocycles. The summed E-state index contributed by atoms with van der Waals surface area (Å²) in [5.74, 6) is -0.808. The predicted molar refractivity (Wildman–Crippen MR) is 103 cm³/mol. The molecule has 9 heteroatoms. The van der Waals surface area contributed by atoms with E-state index in [1.807, 2.05) is 6.92 Å². The average molecular weight is 418 g/mol. The van der Waals surface area contributed by atoms with Crippen molar-refractivity contribution < 1.29 is 13.2 Å². The Labute approximate surface area is 163 Å². The lowest BCUT2D eigenvalue weighted by Crippen LogP contribution is -2.32. The van der Waals surface area contributed by atoms with E-state index in [9.17, 15) is 13.2 Å². The molecular formula is C17H21Cl2N3O3S. The number of hydrogen-bond acceptors (Lipinski definition) is 4. The summed E-state index contributed by atoms with van der Waals surface area (Å²) in [4.78, 5) is 12.2. The Kier molecular flexibility index (Phi) is 7.08. The Hall–Kier alpha value is -1.57. The van der Waals surface area contributed by atoms with Crippen molar-refractivity contribution in [3.05, 3.63) is 51.3 Å². The molecule has 0 atom stereocenters. The van der Waals surface area contributed by atoms with Gasteiger partial charge in [-0.25, -0.2) is 13.1 Å². The summed E-state index contributed by atoms with van der Waals surface area (Å²) < 4.78 is 27.5. The molecule has 2 rings (SSSR count). The largest absolute Gasteiger partial charge is 0.285 e. The van der Waals surface area contributed by atoms with Crippen LogP contribution in [0, 0.1) is 0 Å². The first kappa shape index (κ1) is 20.7. The fourth-order valence-corrected chi connectivity index (χ4v) is 3.98. The van der Waals surface area contributed by atoms with Gasteiger partial charge in [0.05, 0.1) is 5.75 Å². The summed E-state index contributed by atoms with van der Waals surface area (Å²) in [6, 6.07) is 6.73. The molecule has 0 aliphatic carbocycles. The van der Waals surface area contributed by atoms with Crippen LogP contribution in [0.15, 0.2) is 24.3 Å². The third-order valence-corrected chi connectivity index (χ3v) is 5.77. The molecule has 0 fully saturated rings. The van der Waals surface area contributed by atoms with Gasteiger partial charge in [-0.3, -0.25) is 9.48 Å². The third kappa shape index (κ3) is 5.72. The minimum atomic E-state index is -3.66. The standard InChI is InChI=1S/C17H21Cl2N3O3S/c1-3-4-5-8-26(24,25)21-17(23)16-11-14(22(2)20-16)9-12-6-7-13(18)10-15(12)19/h6-7,10-11H,3-5,8-9H2,1-2H3,(H,21,23). The maximum Gasteiger partial charge on any atom is 0.285 e.